The maximum atomic E-state index is 12.7. The highest BCUT2D eigenvalue weighted by Crippen LogP contribution is 2.22. The molecular weight excluding hydrogens is 733 g/mol. The second-order valence-electron chi connectivity index (χ2n) is 15.1. The number of allylic oxidation sites excluding steroid dienone is 14. The van der Waals surface area contributed by atoms with Crippen LogP contribution >= 0.6 is 0 Å². The standard InChI is InChI=1S/C49H82O9/c1-3-5-7-9-11-13-15-16-17-18-19-20-21-22-23-24-25-26-27-29-31-33-35-37-39-55-41-43(42-56-49-48(54)47(53)46(52)44(40-50)58-49)57-45(51)38-36-34-32-30-28-14-12-10-8-6-4-2/h5,7,11,13,16-17,19-20,22-23,25-26,29,31,43-44,46-50,52-54H,3-4,6,8-10,12,14-15,18,21,24,27-28,30,32-42H2,1-2H3/b7-5-,13-11-,17-16-,20-19-,23-22-,26-25-,31-29-. The molecular formula is C49H82O9. The minimum atomic E-state index is -1.55. The average molecular weight is 815 g/mol. The highest BCUT2D eigenvalue weighted by Gasteiger charge is 2.44. The zero-order valence-electron chi connectivity index (χ0n) is 36.3. The molecule has 0 bridgehead atoms. The molecule has 4 N–H and O–H groups in total. The third kappa shape index (κ3) is 30.4. The average Bonchev–Trinajstić information content (AvgIpc) is 3.22. The van der Waals surface area contributed by atoms with Gasteiger partial charge in [-0.1, -0.05) is 163 Å². The van der Waals surface area contributed by atoms with Crippen LogP contribution in [0.15, 0.2) is 85.1 Å². The molecule has 1 rings (SSSR count). The van der Waals surface area contributed by atoms with Gasteiger partial charge in [0, 0.05) is 13.0 Å². The molecule has 1 heterocycles. The van der Waals surface area contributed by atoms with Crippen LogP contribution in [-0.2, 0) is 23.7 Å². The lowest BCUT2D eigenvalue weighted by Crippen LogP contribution is -2.59. The summed E-state index contributed by atoms with van der Waals surface area (Å²) in [5, 5.41) is 40.1. The first-order valence-corrected chi connectivity index (χ1v) is 22.7. The molecule has 1 aliphatic rings. The van der Waals surface area contributed by atoms with Gasteiger partial charge in [0.2, 0.25) is 0 Å². The fourth-order valence-corrected chi connectivity index (χ4v) is 6.29. The van der Waals surface area contributed by atoms with Crippen molar-refractivity contribution in [1.82, 2.24) is 0 Å². The Bertz CT molecular complexity index is 1150. The van der Waals surface area contributed by atoms with E-state index < -0.39 is 43.4 Å². The van der Waals surface area contributed by atoms with Crippen LogP contribution in [0.5, 0.6) is 0 Å². The summed E-state index contributed by atoms with van der Waals surface area (Å²) in [6.45, 7) is 4.30. The second kappa shape index (κ2) is 39.8. The third-order valence-electron chi connectivity index (χ3n) is 9.83. The van der Waals surface area contributed by atoms with Crippen molar-refractivity contribution in [3.63, 3.8) is 0 Å². The number of rotatable bonds is 37. The van der Waals surface area contributed by atoms with E-state index in [2.05, 4.69) is 98.9 Å². The molecule has 0 saturated carbocycles. The zero-order valence-corrected chi connectivity index (χ0v) is 36.3. The Hall–Kier alpha value is -2.63. The molecule has 1 saturated heterocycles. The van der Waals surface area contributed by atoms with Gasteiger partial charge in [0.1, 0.15) is 30.5 Å². The summed E-state index contributed by atoms with van der Waals surface area (Å²) >= 11 is 0. The van der Waals surface area contributed by atoms with E-state index in [0.717, 1.165) is 83.5 Å². The second-order valence-corrected chi connectivity index (χ2v) is 15.1. The van der Waals surface area contributed by atoms with E-state index in [1.807, 2.05) is 0 Å². The highest BCUT2D eigenvalue weighted by molar-refractivity contribution is 5.69. The Morgan fingerprint density at radius 2 is 1.05 bits per heavy atom. The molecule has 0 radical (unpaired) electrons. The van der Waals surface area contributed by atoms with Crippen molar-refractivity contribution in [3.8, 4) is 0 Å². The van der Waals surface area contributed by atoms with Crippen molar-refractivity contribution in [1.29, 1.82) is 0 Å². The van der Waals surface area contributed by atoms with Crippen molar-refractivity contribution in [3.05, 3.63) is 85.1 Å². The van der Waals surface area contributed by atoms with Gasteiger partial charge in [-0.25, -0.2) is 0 Å². The quantitative estimate of drug-likeness (QED) is 0.0275. The Balaban J connectivity index is 2.28. The fraction of sp³-hybridized carbons (Fsp3) is 0.694. The molecule has 0 aromatic heterocycles. The Kier molecular flexibility index (Phi) is 36.6. The first-order valence-electron chi connectivity index (χ1n) is 22.7. The van der Waals surface area contributed by atoms with Crippen LogP contribution in [0.3, 0.4) is 0 Å². The number of carbonyl (C=O) groups is 1. The van der Waals surface area contributed by atoms with Crippen molar-refractivity contribution < 1.29 is 44.2 Å². The lowest BCUT2D eigenvalue weighted by Gasteiger charge is -2.39. The number of esters is 1. The van der Waals surface area contributed by atoms with Gasteiger partial charge >= 0.3 is 5.97 Å². The SMILES string of the molecule is CC/C=C\C/C=C\C/C=C\C/C=C\C/C=C\C/C=C\C/C=C\CCCCOCC(COC1OC(CO)C(O)C(O)C1O)OC(=O)CCCCCCCCCCCCC. The van der Waals surface area contributed by atoms with E-state index in [0.29, 0.717) is 13.0 Å². The van der Waals surface area contributed by atoms with Crippen LogP contribution in [0, 0.1) is 0 Å². The molecule has 6 atom stereocenters. The fourth-order valence-electron chi connectivity index (χ4n) is 6.29. The van der Waals surface area contributed by atoms with E-state index in [4.69, 9.17) is 18.9 Å². The van der Waals surface area contributed by atoms with Gasteiger partial charge in [0.15, 0.2) is 6.29 Å². The molecule has 1 fully saturated rings. The number of carbonyl (C=O) groups excluding carboxylic acids is 1. The van der Waals surface area contributed by atoms with E-state index in [1.54, 1.807) is 0 Å². The predicted octanol–water partition coefficient (Wildman–Crippen LogP) is 10.2. The van der Waals surface area contributed by atoms with Gasteiger partial charge in [0.25, 0.3) is 0 Å². The summed E-state index contributed by atoms with van der Waals surface area (Å²) in [6.07, 6.45) is 46.2. The summed E-state index contributed by atoms with van der Waals surface area (Å²) in [5.74, 6) is -0.334. The molecule has 58 heavy (non-hydrogen) atoms. The topological polar surface area (TPSA) is 135 Å². The molecule has 0 aromatic carbocycles. The van der Waals surface area contributed by atoms with Crippen LogP contribution in [-0.4, -0.2) is 89.6 Å². The largest absolute Gasteiger partial charge is 0.457 e. The normalized spacial score (nSPS) is 21.1. The van der Waals surface area contributed by atoms with Gasteiger partial charge in [0.05, 0.1) is 19.8 Å². The summed E-state index contributed by atoms with van der Waals surface area (Å²) in [6, 6.07) is 0. The molecule has 0 amide bonds. The zero-order chi connectivity index (χ0) is 42.2. The number of ether oxygens (including phenoxy) is 4. The van der Waals surface area contributed by atoms with Crippen molar-refractivity contribution in [2.45, 2.75) is 192 Å². The van der Waals surface area contributed by atoms with Gasteiger partial charge in [-0.05, 0) is 70.6 Å². The van der Waals surface area contributed by atoms with Gasteiger partial charge in [-0.2, -0.15) is 0 Å². The van der Waals surface area contributed by atoms with Gasteiger partial charge in [-0.3, -0.25) is 4.79 Å². The minimum absolute atomic E-state index is 0.111. The van der Waals surface area contributed by atoms with Crippen LogP contribution in [0.1, 0.15) is 155 Å². The Morgan fingerprint density at radius 3 is 1.55 bits per heavy atom. The molecule has 9 heteroatoms. The molecule has 1 aliphatic heterocycles. The van der Waals surface area contributed by atoms with E-state index in [-0.39, 0.29) is 19.2 Å². The Morgan fingerprint density at radius 1 is 0.569 bits per heavy atom. The van der Waals surface area contributed by atoms with E-state index >= 15 is 0 Å². The predicted molar refractivity (Wildman–Crippen MR) is 237 cm³/mol. The molecule has 9 nitrogen and oxygen atoms in total. The number of unbranched alkanes of at least 4 members (excludes halogenated alkanes) is 12. The number of hydrogen-bond acceptors (Lipinski definition) is 9. The lowest BCUT2D eigenvalue weighted by atomic mass is 9.99. The van der Waals surface area contributed by atoms with E-state index in [1.165, 1.54) is 51.4 Å². The summed E-state index contributed by atoms with van der Waals surface area (Å²) < 4.78 is 22.7. The van der Waals surface area contributed by atoms with Crippen LogP contribution in [0.4, 0.5) is 0 Å². The van der Waals surface area contributed by atoms with Crippen molar-refractivity contribution in [2.75, 3.05) is 26.4 Å². The monoisotopic (exact) mass is 815 g/mol. The molecule has 0 aromatic rings. The summed E-state index contributed by atoms with van der Waals surface area (Å²) in [5.41, 5.74) is 0. The maximum absolute atomic E-state index is 12.7. The van der Waals surface area contributed by atoms with Crippen LogP contribution in [0.25, 0.3) is 0 Å². The van der Waals surface area contributed by atoms with Gasteiger partial charge < -0.3 is 39.4 Å². The van der Waals surface area contributed by atoms with Crippen molar-refractivity contribution in [2.24, 2.45) is 0 Å². The van der Waals surface area contributed by atoms with Crippen molar-refractivity contribution >= 4 is 5.97 Å². The summed E-state index contributed by atoms with van der Waals surface area (Å²) in [7, 11) is 0. The maximum Gasteiger partial charge on any atom is 0.306 e. The van der Waals surface area contributed by atoms with Crippen LogP contribution < -0.4 is 0 Å². The molecule has 6 unspecified atom stereocenters. The van der Waals surface area contributed by atoms with Crippen LogP contribution in [0.2, 0.25) is 0 Å². The number of hydrogen-bond donors (Lipinski definition) is 4. The molecule has 0 aliphatic carbocycles. The first kappa shape index (κ1) is 53.4. The minimum Gasteiger partial charge on any atom is -0.457 e. The molecule has 332 valence electrons. The molecule has 0 spiro atoms. The highest BCUT2D eigenvalue weighted by atomic mass is 16.7. The lowest BCUT2D eigenvalue weighted by molar-refractivity contribution is -0.305. The number of aliphatic hydroxyl groups is 4. The third-order valence-corrected chi connectivity index (χ3v) is 9.83. The Labute approximate surface area is 352 Å². The summed E-state index contributed by atoms with van der Waals surface area (Å²) in [4.78, 5) is 12.7. The van der Waals surface area contributed by atoms with E-state index in [9.17, 15) is 25.2 Å². The number of aliphatic hydroxyl groups excluding tert-OH is 4. The smallest absolute Gasteiger partial charge is 0.306 e. The first-order chi connectivity index (χ1) is 28.4. The van der Waals surface area contributed by atoms with Gasteiger partial charge in [-0.15, -0.1) is 0 Å².